The molecule has 0 unspecified atom stereocenters. The van der Waals surface area contributed by atoms with Crippen LogP contribution in [0.3, 0.4) is 0 Å². The van der Waals surface area contributed by atoms with E-state index in [1.807, 2.05) is 6.92 Å². The minimum Gasteiger partial charge on any atom is -0.480 e. The summed E-state index contributed by atoms with van der Waals surface area (Å²) in [7, 11) is 0. The van der Waals surface area contributed by atoms with E-state index in [9.17, 15) is 18.7 Å². The molecular weight excluding hydrogens is 328 g/mol. The molecule has 2 rings (SSSR count). The lowest BCUT2D eigenvalue weighted by Crippen LogP contribution is -2.36. The van der Waals surface area contributed by atoms with Crippen LogP contribution in [0.15, 0.2) is 42.5 Å². The van der Waals surface area contributed by atoms with Gasteiger partial charge in [-0.25, -0.2) is 8.78 Å². The molecule has 2 N–H and O–H groups in total. The monoisotopic (exact) mass is 349 g/mol. The van der Waals surface area contributed by atoms with Gasteiger partial charge in [0.2, 0.25) is 0 Å². The largest absolute Gasteiger partial charge is 0.480 e. The Balaban J connectivity index is 1.93. The number of halogens is 2. The van der Waals surface area contributed by atoms with Crippen molar-refractivity contribution in [3.8, 4) is 11.5 Å². The molecule has 6 heteroatoms. The summed E-state index contributed by atoms with van der Waals surface area (Å²) in [5.41, 5.74) is 0.889. The van der Waals surface area contributed by atoms with Gasteiger partial charge in [-0.15, -0.1) is 0 Å². The third kappa shape index (κ3) is 6.15. The van der Waals surface area contributed by atoms with Gasteiger partial charge in [0.1, 0.15) is 29.2 Å². The fraction of sp³-hybridized carbons (Fsp3) is 0.316. The average molecular weight is 349 g/mol. The third-order valence-electron chi connectivity index (χ3n) is 3.69. The van der Waals surface area contributed by atoms with E-state index >= 15 is 0 Å². The molecule has 0 aromatic heterocycles. The Morgan fingerprint density at radius 2 is 1.76 bits per heavy atom. The van der Waals surface area contributed by atoms with Crippen LogP contribution in [0.1, 0.15) is 31.7 Å². The summed E-state index contributed by atoms with van der Waals surface area (Å²) in [6.07, 6.45) is 2.37. The summed E-state index contributed by atoms with van der Waals surface area (Å²) >= 11 is 0. The number of unbranched alkanes of at least 4 members (excludes halogenated alkanes) is 1. The van der Waals surface area contributed by atoms with Gasteiger partial charge in [-0.05, 0) is 24.1 Å². The van der Waals surface area contributed by atoms with E-state index in [0.717, 1.165) is 36.6 Å². The Kier molecular flexibility index (Phi) is 6.89. The van der Waals surface area contributed by atoms with Crippen LogP contribution in [-0.4, -0.2) is 17.1 Å². The topological polar surface area (TPSA) is 58.6 Å². The number of carboxylic acids is 1. The lowest BCUT2D eigenvalue weighted by molar-refractivity contribution is -0.139. The predicted molar refractivity (Wildman–Crippen MR) is 90.7 cm³/mol. The van der Waals surface area contributed by atoms with Crippen LogP contribution in [0, 0.1) is 11.6 Å². The molecule has 4 nitrogen and oxygen atoms in total. The highest BCUT2D eigenvalue weighted by Gasteiger charge is 2.15. The molecular formula is C19H21F2NO3. The molecule has 0 radical (unpaired) electrons. The van der Waals surface area contributed by atoms with E-state index in [0.29, 0.717) is 18.7 Å². The first-order valence-electron chi connectivity index (χ1n) is 8.17. The molecule has 0 spiro atoms. The Hall–Kier alpha value is -2.47. The number of aliphatic carboxylic acids is 1. The fourth-order valence-electron chi connectivity index (χ4n) is 2.36. The number of rotatable bonds is 9. The van der Waals surface area contributed by atoms with Crippen LogP contribution in [0.4, 0.5) is 8.78 Å². The van der Waals surface area contributed by atoms with Crippen molar-refractivity contribution in [2.24, 2.45) is 0 Å². The van der Waals surface area contributed by atoms with Gasteiger partial charge < -0.3 is 15.2 Å². The average Bonchev–Trinajstić information content (AvgIpc) is 2.55. The van der Waals surface area contributed by atoms with Crippen molar-refractivity contribution in [3.63, 3.8) is 0 Å². The predicted octanol–water partition coefficient (Wildman–Crippen LogP) is 4.49. The number of carbonyl (C=O) groups is 1. The Morgan fingerprint density at radius 3 is 2.32 bits per heavy atom. The van der Waals surface area contributed by atoms with Crippen molar-refractivity contribution in [2.75, 3.05) is 0 Å². The van der Waals surface area contributed by atoms with Gasteiger partial charge in [-0.1, -0.05) is 31.9 Å². The second-order valence-corrected chi connectivity index (χ2v) is 5.77. The first-order valence-corrected chi connectivity index (χ1v) is 8.17. The van der Waals surface area contributed by atoms with Crippen LogP contribution in [0.5, 0.6) is 11.5 Å². The van der Waals surface area contributed by atoms with Crippen molar-refractivity contribution in [1.82, 2.24) is 5.32 Å². The summed E-state index contributed by atoms with van der Waals surface area (Å²) < 4.78 is 31.7. The van der Waals surface area contributed by atoms with Gasteiger partial charge in [0.15, 0.2) is 0 Å². The summed E-state index contributed by atoms with van der Waals surface area (Å²) in [6.45, 7) is 2.43. The lowest BCUT2D eigenvalue weighted by atomic mass is 10.1. The smallest absolute Gasteiger partial charge is 0.320 e. The SMILES string of the molecule is CCCC[C@H](NCc1ccc(Oc2cc(F)cc(F)c2)cc1)C(=O)O. The minimum atomic E-state index is -0.860. The Morgan fingerprint density at radius 1 is 1.12 bits per heavy atom. The van der Waals surface area contributed by atoms with Gasteiger partial charge in [-0.2, -0.15) is 0 Å². The number of hydrogen-bond donors (Lipinski definition) is 2. The van der Waals surface area contributed by atoms with Crippen molar-refractivity contribution in [2.45, 2.75) is 38.8 Å². The fourth-order valence-corrected chi connectivity index (χ4v) is 2.36. The number of hydrogen-bond acceptors (Lipinski definition) is 3. The maximum atomic E-state index is 13.1. The molecule has 0 aliphatic rings. The van der Waals surface area contributed by atoms with Crippen molar-refractivity contribution in [1.29, 1.82) is 0 Å². The molecule has 0 bridgehead atoms. The van der Waals surface area contributed by atoms with E-state index < -0.39 is 23.6 Å². The van der Waals surface area contributed by atoms with Crippen LogP contribution < -0.4 is 10.1 Å². The van der Waals surface area contributed by atoms with Crippen LogP contribution in [0.25, 0.3) is 0 Å². The zero-order valence-corrected chi connectivity index (χ0v) is 14.0. The van der Waals surface area contributed by atoms with E-state index in [2.05, 4.69) is 5.32 Å². The van der Waals surface area contributed by atoms with E-state index in [1.165, 1.54) is 0 Å². The second-order valence-electron chi connectivity index (χ2n) is 5.77. The summed E-state index contributed by atoms with van der Waals surface area (Å²) in [5, 5.41) is 12.2. The summed E-state index contributed by atoms with van der Waals surface area (Å²) in [6, 6.07) is 9.29. The molecule has 2 aromatic rings. The number of benzene rings is 2. The lowest BCUT2D eigenvalue weighted by Gasteiger charge is -2.14. The van der Waals surface area contributed by atoms with Crippen LogP contribution >= 0.6 is 0 Å². The molecule has 0 amide bonds. The molecule has 0 heterocycles. The summed E-state index contributed by atoms with van der Waals surface area (Å²) in [5.74, 6) is -1.75. The third-order valence-corrected chi connectivity index (χ3v) is 3.69. The van der Waals surface area contributed by atoms with E-state index in [-0.39, 0.29) is 5.75 Å². The molecule has 2 aromatic carbocycles. The maximum Gasteiger partial charge on any atom is 0.320 e. The molecule has 1 atom stereocenters. The standard InChI is InChI=1S/C19H21F2NO3/c1-2-3-4-18(19(23)24)22-12-13-5-7-16(8-6-13)25-17-10-14(20)9-15(21)11-17/h5-11,18,22H,2-4,12H2,1H3,(H,23,24)/t18-/m0/s1. The van der Waals surface area contributed by atoms with Crippen LogP contribution in [0.2, 0.25) is 0 Å². The highest BCUT2D eigenvalue weighted by atomic mass is 19.1. The summed E-state index contributed by atoms with van der Waals surface area (Å²) in [4.78, 5) is 11.2. The molecule has 134 valence electrons. The molecule has 0 aliphatic heterocycles. The molecule has 0 fully saturated rings. The molecule has 0 saturated carbocycles. The first kappa shape index (κ1) is 18.9. The maximum absolute atomic E-state index is 13.1. The van der Waals surface area contributed by atoms with Gasteiger partial charge >= 0.3 is 5.97 Å². The quantitative estimate of drug-likeness (QED) is 0.700. The minimum absolute atomic E-state index is 0.0777. The van der Waals surface area contributed by atoms with Crippen molar-refractivity contribution in [3.05, 3.63) is 59.7 Å². The highest BCUT2D eigenvalue weighted by Crippen LogP contribution is 2.23. The molecule has 25 heavy (non-hydrogen) atoms. The second kappa shape index (κ2) is 9.13. The zero-order valence-electron chi connectivity index (χ0n) is 14.0. The zero-order chi connectivity index (χ0) is 18.2. The normalized spacial score (nSPS) is 12.0. The van der Waals surface area contributed by atoms with Crippen molar-refractivity contribution >= 4 is 5.97 Å². The van der Waals surface area contributed by atoms with Gasteiger partial charge in [0.25, 0.3) is 0 Å². The Bertz CT molecular complexity index is 684. The van der Waals surface area contributed by atoms with E-state index in [4.69, 9.17) is 4.74 Å². The van der Waals surface area contributed by atoms with E-state index in [1.54, 1.807) is 24.3 Å². The van der Waals surface area contributed by atoms with Gasteiger partial charge in [0, 0.05) is 24.7 Å². The number of ether oxygens (including phenoxy) is 1. The van der Waals surface area contributed by atoms with Gasteiger partial charge in [-0.3, -0.25) is 4.79 Å². The first-order chi connectivity index (χ1) is 12.0. The van der Waals surface area contributed by atoms with Crippen LogP contribution in [-0.2, 0) is 11.3 Å². The molecule has 0 aliphatic carbocycles. The van der Waals surface area contributed by atoms with Crippen molar-refractivity contribution < 1.29 is 23.4 Å². The number of carboxylic acid groups (broad SMARTS) is 1. The number of nitrogens with one attached hydrogen (secondary N) is 1. The highest BCUT2D eigenvalue weighted by molar-refractivity contribution is 5.73. The molecule has 0 saturated heterocycles. The Labute approximate surface area is 145 Å². The van der Waals surface area contributed by atoms with Gasteiger partial charge in [0.05, 0.1) is 0 Å².